The maximum atomic E-state index is 11.0. The Kier molecular flexibility index (Phi) is 4.62. The lowest BCUT2D eigenvalue weighted by Gasteiger charge is -2.42. The van der Waals surface area contributed by atoms with Gasteiger partial charge in [0.15, 0.2) is 5.69 Å². The van der Waals surface area contributed by atoms with E-state index >= 15 is 0 Å². The van der Waals surface area contributed by atoms with Gasteiger partial charge in [0, 0.05) is 32.2 Å². The highest BCUT2D eigenvalue weighted by molar-refractivity contribution is 5.85. The fourth-order valence-electron chi connectivity index (χ4n) is 3.64. The van der Waals surface area contributed by atoms with Crippen LogP contribution in [0.15, 0.2) is 18.2 Å². The van der Waals surface area contributed by atoms with E-state index in [0.29, 0.717) is 0 Å². The Balaban J connectivity index is 1.57. The highest BCUT2D eigenvalue weighted by Gasteiger charge is 2.27. The number of hydrogen-bond donors (Lipinski definition) is 1. The van der Waals surface area contributed by atoms with E-state index in [2.05, 4.69) is 21.7 Å². The minimum Gasteiger partial charge on any atom is -0.477 e. The lowest BCUT2D eigenvalue weighted by molar-refractivity contribution is 0.0690. The van der Waals surface area contributed by atoms with E-state index in [0.717, 1.165) is 44.0 Å². The van der Waals surface area contributed by atoms with E-state index < -0.39 is 5.97 Å². The number of anilines is 1. The van der Waals surface area contributed by atoms with Gasteiger partial charge in [0.25, 0.3) is 0 Å². The minimum absolute atomic E-state index is 0.126. The quantitative estimate of drug-likeness (QED) is 0.929. The molecule has 22 heavy (non-hydrogen) atoms. The van der Waals surface area contributed by atoms with Crippen LogP contribution in [-0.2, 0) is 0 Å². The molecule has 0 bridgehead atoms. The number of pyridine rings is 1. The molecule has 1 aliphatic carbocycles. The molecule has 1 aromatic heterocycles. The van der Waals surface area contributed by atoms with Gasteiger partial charge in [0.05, 0.1) is 0 Å². The summed E-state index contributed by atoms with van der Waals surface area (Å²) in [7, 11) is 0. The van der Waals surface area contributed by atoms with Crippen LogP contribution in [0.25, 0.3) is 0 Å². The fourth-order valence-corrected chi connectivity index (χ4v) is 3.64. The molecule has 1 aromatic rings. The van der Waals surface area contributed by atoms with Gasteiger partial charge in [-0.25, -0.2) is 9.78 Å². The number of aromatic nitrogens is 1. The lowest BCUT2D eigenvalue weighted by atomic mass is 9.86. The number of rotatable bonds is 3. The monoisotopic (exact) mass is 303 g/mol. The van der Waals surface area contributed by atoms with Crippen molar-refractivity contribution in [1.82, 2.24) is 9.88 Å². The third kappa shape index (κ3) is 3.40. The van der Waals surface area contributed by atoms with Crippen LogP contribution in [0.5, 0.6) is 0 Å². The van der Waals surface area contributed by atoms with E-state index in [-0.39, 0.29) is 5.69 Å². The first-order chi connectivity index (χ1) is 10.6. The second-order valence-electron chi connectivity index (χ2n) is 6.62. The van der Waals surface area contributed by atoms with Gasteiger partial charge in [-0.2, -0.15) is 0 Å². The van der Waals surface area contributed by atoms with Crippen molar-refractivity contribution in [2.75, 3.05) is 31.1 Å². The third-order valence-corrected chi connectivity index (χ3v) is 5.09. The molecule has 0 amide bonds. The van der Waals surface area contributed by atoms with Crippen LogP contribution in [0, 0.1) is 5.92 Å². The molecular formula is C17H25N3O2. The summed E-state index contributed by atoms with van der Waals surface area (Å²) in [6.45, 7) is 6.33. The van der Waals surface area contributed by atoms with Crippen molar-refractivity contribution in [3.8, 4) is 0 Å². The van der Waals surface area contributed by atoms with E-state index in [1.165, 1.54) is 25.7 Å². The molecule has 120 valence electrons. The van der Waals surface area contributed by atoms with Crippen LogP contribution in [0.3, 0.4) is 0 Å². The van der Waals surface area contributed by atoms with Crippen molar-refractivity contribution in [2.24, 2.45) is 5.92 Å². The maximum absolute atomic E-state index is 11.0. The van der Waals surface area contributed by atoms with Crippen molar-refractivity contribution in [1.29, 1.82) is 0 Å². The zero-order valence-corrected chi connectivity index (χ0v) is 13.2. The molecule has 1 saturated heterocycles. The summed E-state index contributed by atoms with van der Waals surface area (Å²) in [5.41, 5.74) is 0.126. The van der Waals surface area contributed by atoms with Crippen molar-refractivity contribution < 1.29 is 9.90 Å². The second kappa shape index (κ2) is 6.65. The Morgan fingerprint density at radius 1 is 1.14 bits per heavy atom. The molecule has 0 spiro atoms. The average molecular weight is 303 g/mol. The lowest BCUT2D eigenvalue weighted by Crippen LogP contribution is -2.51. The predicted molar refractivity (Wildman–Crippen MR) is 86.4 cm³/mol. The fraction of sp³-hybridized carbons (Fsp3) is 0.647. The van der Waals surface area contributed by atoms with Gasteiger partial charge in [-0.3, -0.25) is 4.90 Å². The number of aromatic carboxylic acids is 1. The zero-order valence-electron chi connectivity index (χ0n) is 13.2. The number of nitrogens with zero attached hydrogens (tertiary/aromatic N) is 3. The number of carbonyl (C=O) groups is 1. The Hall–Kier alpha value is -1.62. The topological polar surface area (TPSA) is 56.7 Å². The standard InChI is InChI=1S/C17H25N3O2/c1-13-5-7-14(8-6-13)19-9-11-20(12-10-19)16-4-2-3-15(18-16)17(21)22/h2-4,13-14H,5-12H2,1H3,(H,21,22). The van der Waals surface area contributed by atoms with Crippen LogP contribution in [0.4, 0.5) is 5.82 Å². The molecule has 0 unspecified atom stereocenters. The predicted octanol–water partition coefficient (Wildman–Crippen LogP) is 2.48. The number of hydrogen-bond acceptors (Lipinski definition) is 4. The second-order valence-corrected chi connectivity index (χ2v) is 6.62. The molecule has 0 radical (unpaired) electrons. The first-order valence-corrected chi connectivity index (χ1v) is 8.33. The van der Waals surface area contributed by atoms with Gasteiger partial charge in [0.1, 0.15) is 5.82 Å². The van der Waals surface area contributed by atoms with Gasteiger partial charge < -0.3 is 10.0 Å². The van der Waals surface area contributed by atoms with Gasteiger partial charge in [-0.1, -0.05) is 13.0 Å². The summed E-state index contributed by atoms with van der Waals surface area (Å²) < 4.78 is 0. The van der Waals surface area contributed by atoms with Crippen molar-refractivity contribution in [3.05, 3.63) is 23.9 Å². The van der Waals surface area contributed by atoms with Crippen LogP contribution < -0.4 is 4.90 Å². The number of carboxylic acid groups (broad SMARTS) is 1. The van der Waals surface area contributed by atoms with Gasteiger partial charge in [-0.05, 0) is 43.7 Å². The molecule has 1 N–H and O–H groups in total. The third-order valence-electron chi connectivity index (χ3n) is 5.09. The van der Waals surface area contributed by atoms with Gasteiger partial charge >= 0.3 is 5.97 Å². The van der Waals surface area contributed by atoms with Gasteiger partial charge in [-0.15, -0.1) is 0 Å². The Bertz CT molecular complexity index is 518. The van der Waals surface area contributed by atoms with E-state index in [1.54, 1.807) is 12.1 Å². The smallest absolute Gasteiger partial charge is 0.354 e. The molecule has 5 nitrogen and oxygen atoms in total. The molecular weight excluding hydrogens is 278 g/mol. The highest BCUT2D eigenvalue weighted by Crippen LogP contribution is 2.28. The summed E-state index contributed by atoms with van der Waals surface area (Å²) in [4.78, 5) is 20.1. The molecule has 2 heterocycles. The molecule has 1 aliphatic heterocycles. The molecule has 2 aliphatic rings. The van der Waals surface area contributed by atoms with Crippen LogP contribution >= 0.6 is 0 Å². The summed E-state index contributed by atoms with van der Waals surface area (Å²) >= 11 is 0. The van der Waals surface area contributed by atoms with E-state index in [9.17, 15) is 4.79 Å². The Morgan fingerprint density at radius 2 is 1.82 bits per heavy atom. The Morgan fingerprint density at radius 3 is 2.45 bits per heavy atom. The Labute approximate surface area is 131 Å². The molecule has 3 rings (SSSR count). The normalized spacial score (nSPS) is 26.9. The average Bonchev–Trinajstić information content (AvgIpc) is 2.56. The molecule has 0 aromatic carbocycles. The van der Waals surface area contributed by atoms with Crippen molar-refractivity contribution >= 4 is 11.8 Å². The van der Waals surface area contributed by atoms with E-state index in [4.69, 9.17) is 5.11 Å². The largest absolute Gasteiger partial charge is 0.477 e. The van der Waals surface area contributed by atoms with Crippen molar-refractivity contribution in [3.63, 3.8) is 0 Å². The summed E-state index contributed by atoms with van der Waals surface area (Å²) in [6.07, 6.45) is 5.36. The van der Waals surface area contributed by atoms with E-state index in [1.807, 2.05) is 6.07 Å². The van der Waals surface area contributed by atoms with Gasteiger partial charge in [0.2, 0.25) is 0 Å². The molecule has 1 saturated carbocycles. The van der Waals surface area contributed by atoms with Crippen molar-refractivity contribution in [2.45, 2.75) is 38.6 Å². The summed E-state index contributed by atoms with van der Waals surface area (Å²) in [5, 5.41) is 9.05. The molecule has 2 fully saturated rings. The molecule has 5 heteroatoms. The zero-order chi connectivity index (χ0) is 15.5. The summed E-state index contributed by atoms with van der Waals surface area (Å²) in [5.74, 6) is 0.717. The number of carboxylic acids is 1. The summed E-state index contributed by atoms with van der Waals surface area (Å²) in [6, 6.07) is 5.98. The highest BCUT2D eigenvalue weighted by atomic mass is 16.4. The van der Waals surface area contributed by atoms with Crippen LogP contribution in [0.1, 0.15) is 43.1 Å². The SMILES string of the molecule is CC1CCC(N2CCN(c3cccc(C(=O)O)n3)CC2)CC1. The molecule has 0 atom stereocenters. The first kappa shape index (κ1) is 15.3. The first-order valence-electron chi connectivity index (χ1n) is 8.33. The van der Waals surface area contributed by atoms with Crippen LogP contribution in [0.2, 0.25) is 0 Å². The minimum atomic E-state index is -0.961. The maximum Gasteiger partial charge on any atom is 0.354 e. The van der Waals surface area contributed by atoms with Crippen LogP contribution in [-0.4, -0.2) is 53.2 Å². The number of piperazine rings is 1.